The van der Waals surface area contributed by atoms with Gasteiger partial charge in [-0.15, -0.1) is 11.3 Å². The molecular weight excluding hydrogens is 440 g/mol. The number of aromatic nitrogens is 2. The summed E-state index contributed by atoms with van der Waals surface area (Å²) < 4.78 is 52.0. The van der Waals surface area contributed by atoms with Crippen LogP contribution >= 0.6 is 11.3 Å². The summed E-state index contributed by atoms with van der Waals surface area (Å²) in [7, 11) is 0. The molecule has 166 valence electrons. The van der Waals surface area contributed by atoms with Crippen LogP contribution in [0.1, 0.15) is 37.7 Å². The van der Waals surface area contributed by atoms with Crippen molar-refractivity contribution in [3.63, 3.8) is 0 Å². The molecule has 0 saturated heterocycles. The molecule has 6 N–H and O–H groups in total. The van der Waals surface area contributed by atoms with Crippen molar-refractivity contribution in [2.24, 2.45) is 5.73 Å². The van der Waals surface area contributed by atoms with Crippen molar-refractivity contribution in [3.05, 3.63) is 63.0 Å². The highest BCUT2D eigenvalue weighted by Gasteiger charge is 2.34. The summed E-state index contributed by atoms with van der Waals surface area (Å²) in [5.41, 5.74) is 5.11. The third kappa shape index (κ3) is 4.93. The lowest BCUT2D eigenvalue weighted by molar-refractivity contribution is -0.139. The predicted octanol–water partition coefficient (Wildman–Crippen LogP) is 2.71. The molecule has 31 heavy (non-hydrogen) atoms. The first-order valence-corrected chi connectivity index (χ1v) is 9.76. The molecule has 7 nitrogen and oxygen atoms in total. The fourth-order valence-corrected chi connectivity index (χ4v) is 3.86. The molecule has 0 saturated carbocycles. The number of rotatable bonds is 7. The van der Waals surface area contributed by atoms with E-state index in [4.69, 9.17) is 5.73 Å². The molecule has 0 unspecified atom stereocenters. The highest BCUT2D eigenvalue weighted by atomic mass is 32.1. The zero-order chi connectivity index (χ0) is 22.8. The average molecular weight is 458 g/mol. The Bertz CT molecular complexity index is 1060. The van der Waals surface area contributed by atoms with Crippen LogP contribution < -0.4 is 11.1 Å². The number of alkyl halides is 3. The quantitative estimate of drug-likeness (QED) is 0.348. The SMILES string of the molecule is NC[C@@H](NC(=O)c1ccc(-c2ccc(C(F)(F)F)c(F)c2)[nH]1)c1nc(CO)c(CO)s1. The molecule has 1 aromatic carbocycles. The molecule has 12 heteroatoms. The molecule has 2 heterocycles. The van der Waals surface area contributed by atoms with Crippen LogP contribution in [0, 0.1) is 5.82 Å². The topological polar surface area (TPSA) is 124 Å². The van der Waals surface area contributed by atoms with Crippen molar-refractivity contribution in [3.8, 4) is 11.3 Å². The van der Waals surface area contributed by atoms with Crippen LogP contribution in [-0.2, 0) is 19.4 Å². The second kappa shape index (κ2) is 9.14. The number of nitrogens with one attached hydrogen (secondary N) is 2. The zero-order valence-corrected chi connectivity index (χ0v) is 16.6. The molecule has 0 spiro atoms. The number of aliphatic hydroxyl groups is 2. The van der Waals surface area contributed by atoms with Crippen LogP contribution in [-0.4, -0.2) is 32.6 Å². The Morgan fingerprint density at radius 3 is 2.52 bits per heavy atom. The molecule has 3 rings (SSSR count). The Labute approximate surface area is 177 Å². The molecule has 0 radical (unpaired) electrons. The number of thiazole rings is 1. The normalized spacial score (nSPS) is 12.7. The summed E-state index contributed by atoms with van der Waals surface area (Å²) in [6.45, 7) is -0.698. The number of nitrogens with zero attached hydrogens (tertiary/aromatic N) is 1. The molecule has 0 aliphatic heterocycles. The molecule has 3 aromatic rings. The van der Waals surface area contributed by atoms with Gasteiger partial charge in [0, 0.05) is 17.8 Å². The number of nitrogens with two attached hydrogens (primary N) is 1. The van der Waals surface area contributed by atoms with Crippen LogP contribution in [0.15, 0.2) is 30.3 Å². The van der Waals surface area contributed by atoms with Crippen molar-refractivity contribution in [2.75, 3.05) is 6.54 Å². The molecule has 1 amide bonds. The molecule has 0 aliphatic rings. The molecule has 0 fully saturated rings. The fourth-order valence-electron chi connectivity index (χ4n) is 2.87. The second-order valence-electron chi connectivity index (χ2n) is 6.48. The van der Waals surface area contributed by atoms with Gasteiger partial charge in [0.15, 0.2) is 0 Å². The number of hydrogen-bond acceptors (Lipinski definition) is 6. The Balaban J connectivity index is 1.78. The first kappa shape index (κ1) is 22.9. The molecule has 2 aromatic heterocycles. The summed E-state index contributed by atoms with van der Waals surface area (Å²) in [5, 5.41) is 21.7. The third-order valence-electron chi connectivity index (χ3n) is 4.44. The smallest absolute Gasteiger partial charge is 0.391 e. The van der Waals surface area contributed by atoms with Gasteiger partial charge in [0.05, 0.1) is 35.4 Å². The molecule has 1 atom stereocenters. The lowest BCUT2D eigenvalue weighted by Gasteiger charge is -2.13. The summed E-state index contributed by atoms with van der Waals surface area (Å²) in [4.78, 5) is 19.9. The van der Waals surface area contributed by atoms with Gasteiger partial charge < -0.3 is 26.2 Å². The Morgan fingerprint density at radius 2 is 1.97 bits per heavy atom. The Hall–Kier alpha value is -2.80. The lowest BCUT2D eigenvalue weighted by Crippen LogP contribution is -2.33. The van der Waals surface area contributed by atoms with E-state index >= 15 is 0 Å². The predicted molar refractivity (Wildman–Crippen MR) is 104 cm³/mol. The van der Waals surface area contributed by atoms with Gasteiger partial charge in [-0.25, -0.2) is 9.37 Å². The number of benzene rings is 1. The number of carbonyl (C=O) groups is 1. The van der Waals surface area contributed by atoms with Crippen molar-refractivity contribution < 1.29 is 32.6 Å². The third-order valence-corrected chi connectivity index (χ3v) is 5.64. The van der Waals surface area contributed by atoms with Crippen LogP contribution in [0.4, 0.5) is 17.6 Å². The van der Waals surface area contributed by atoms with Gasteiger partial charge in [0.25, 0.3) is 5.91 Å². The fraction of sp³-hybridized carbons (Fsp3) is 0.263. The van der Waals surface area contributed by atoms with E-state index in [1.165, 1.54) is 12.1 Å². The van der Waals surface area contributed by atoms with Crippen LogP contribution in [0.25, 0.3) is 11.3 Å². The number of hydrogen-bond donors (Lipinski definition) is 5. The van der Waals surface area contributed by atoms with Crippen molar-refractivity contribution in [2.45, 2.75) is 25.4 Å². The Kier molecular flexibility index (Phi) is 6.74. The maximum Gasteiger partial charge on any atom is 0.419 e. The van der Waals surface area contributed by atoms with E-state index in [2.05, 4.69) is 15.3 Å². The standard InChI is InChI=1S/C19H18F4N4O3S/c20-11-5-9(1-2-10(11)19(21,22)23)12-3-4-13(25-12)17(30)26-14(6-24)18-27-15(7-28)16(8-29)31-18/h1-5,14,25,28-29H,6-8,24H2,(H,26,30)/t14-/m1/s1. The van der Waals surface area contributed by atoms with Gasteiger partial charge in [-0.2, -0.15) is 13.2 Å². The summed E-state index contributed by atoms with van der Waals surface area (Å²) in [6, 6.07) is 4.61. The van der Waals surface area contributed by atoms with E-state index in [1.54, 1.807) is 0 Å². The summed E-state index contributed by atoms with van der Waals surface area (Å²) >= 11 is 1.10. The van der Waals surface area contributed by atoms with Crippen molar-refractivity contribution in [1.29, 1.82) is 0 Å². The van der Waals surface area contributed by atoms with Gasteiger partial charge in [0.2, 0.25) is 0 Å². The number of amides is 1. The van der Waals surface area contributed by atoms with E-state index < -0.39 is 29.5 Å². The molecule has 0 aliphatic carbocycles. The van der Waals surface area contributed by atoms with Gasteiger partial charge in [-0.3, -0.25) is 4.79 Å². The van der Waals surface area contributed by atoms with Crippen LogP contribution in [0.3, 0.4) is 0 Å². The average Bonchev–Trinajstić information content (AvgIpc) is 3.38. The van der Waals surface area contributed by atoms with Crippen LogP contribution in [0.5, 0.6) is 0 Å². The summed E-state index contributed by atoms with van der Waals surface area (Å²) in [6.07, 6.45) is -4.80. The van der Waals surface area contributed by atoms with E-state index in [9.17, 15) is 32.6 Å². The van der Waals surface area contributed by atoms with Crippen molar-refractivity contribution in [1.82, 2.24) is 15.3 Å². The largest absolute Gasteiger partial charge is 0.419 e. The van der Waals surface area contributed by atoms with E-state index in [0.29, 0.717) is 21.6 Å². The first-order chi connectivity index (χ1) is 14.7. The van der Waals surface area contributed by atoms with Gasteiger partial charge >= 0.3 is 6.18 Å². The highest BCUT2D eigenvalue weighted by molar-refractivity contribution is 7.11. The summed E-state index contributed by atoms with van der Waals surface area (Å²) in [5.74, 6) is -1.99. The highest BCUT2D eigenvalue weighted by Crippen LogP contribution is 2.33. The lowest BCUT2D eigenvalue weighted by atomic mass is 10.1. The number of halogens is 4. The monoisotopic (exact) mass is 458 g/mol. The first-order valence-electron chi connectivity index (χ1n) is 8.95. The van der Waals surface area contributed by atoms with Crippen LogP contribution in [0.2, 0.25) is 0 Å². The van der Waals surface area contributed by atoms with E-state index in [0.717, 1.165) is 23.5 Å². The number of carbonyl (C=O) groups excluding carboxylic acids is 1. The maximum absolute atomic E-state index is 13.8. The van der Waals surface area contributed by atoms with Crippen molar-refractivity contribution >= 4 is 17.2 Å². The van der Waals surface area contributed by atoms with Gasteiger partial charge in [-0.05, 0) is 24.3 Å². The second-order valence-corrected chi connectivity index (χ2v) is 7.59. The minimum atomic E-state index is -4.80. The Morgan fingerprint density at radius 1 is 1.23 bits per heavy atom. The van der Waals surface area contributed by atoms with E-state index in [-0.39, 0.29) is 36.7 Å². The number of aliphatic hydroxyl groups excluding tert-OH is 2. The maximum atomic E-state index is 13.8. The molecule has 0 bridgehead atoms. The minimum Gasteiger partial charge on any atom is -0.391 e. The number of H-pyrrole nitrogens is 1. The minimum absolute atomic E-state index is 0.00727. The zero-order valence-electron chi connectivity index (χ0n) is 15.8. The van der Waals surface area contributed by atoms with Gasteiger partial charge in [-0.1, -0.05) is 6.07 Å². The van der Waals surface area contributed by atoms with Gasteiger partial charge in [0.1, 0.15) is 16.5 Å². The number of aromatic amines is 1. The molecular formula is C19H18F4N4O3S. The van der Waals surface area contributed by atoms with E-state index in [1.807, 2.05) is 0 Å².